The third-order valence-corrected chi connectivity index (χ3v) is 4.61. The van der Waals surface area contributed by atoms with E-state index in [0.29, 0.717) is 5.25 Å². The molecule has 3 unspecified atom stereocenters. The summed E-state index contributed by atoms with van der Waals surface area (Å²) in [4.78, 5) is 27.5. The van der Waals surface area contributed by atoms with Crippen LogP contribution in [0.2, 0.25) is 0 Å². The van der Waals surface area contributed by atoms with Gasteiger partial charge in [-0.3, -0.25) is 4.79 Å². The van der Waals surface area contributed by atoms with Crippen molar-refractivity contribution in [3.8, 4) is 0 Å². The molecule has 0 bridgehead atoms. The minimum absolute atomic E-state index is 0.0415. The first kappa shape index (κ1) is 14.2. The number of amides is 1. The average molecular weight is 286 g/mol. The minimum atomic E-state index is -1.13. The van der Waals surface area contributed by atoms with Crippen LogP contribution >= 0.6 is 11.8 Å². The van der Waals surface area contributed by atoms with Crippen LogP contribution in [0.15, 0.2) is 5.16 Å². The van der Waals surface area contributed by atoms with Gasteiger partial charge in [-0.1, -0.05) is 11.6 Å². The monoisotopic (exact) mass is 286 g/mol. The molecule has 0 aromatic carbocycles. The van der Waals surface area contributed by atoms with E-state index in [1.807, 2.05) is 11.8 Å². The normalized spacial score (nSPS) is 30.4. The van der Waals surface area contributed by atoms with E-state index in [4.69, 9.17) is 9.94 Å². The van der Waals surface area contributed by atoms with Gasteiger partial charge in [-0.05, 0) is 25.5 Å². The number of rotatable bonds is 4. The van der Waals surface area contributed by atoms with Crippen molar-refractivity contribution in [2.75, 3.05) is 6.26 Å². The fourth-order valence-electron chi connectivity index (χ4n) is 2.43. The molecule has 3 atom stereocenters. The highest BCUT2D eigenvalue weighted by Gasteiger charge is 2.33. The number of aliphatic carboxylic acids is 1. The van der Waals surface area contributed by atoms with E-state index < -0.39 is 12.1 Å². The molecule has 1 heterocycles. The van der Waals surface area contributed by atoms with Gasteiger partial charge >= 0.3 is 5.97 Å². The number of hydrogen-bond acceptors (Lipinski definition) is 5. The van der Waals surface area contributed by atoms with Gasteiger partial charge in [0.1, 0.15) is 0 Å². The van der Waals surface area contributed by atoms with Crippen molar-refractivity contribution in [2.24, 2.45) is 5.16 Å². The number of hydrogen-bond donors (Lipinski definition) is 2. The molecular formula is C12H18N2O4S. The quantitative estimate of drug-likeness (QED) is 0.805. The summed E-state index contributed by atoms with van der Waals surface area (Å²) in [5, 5.41) is 15.7. The number of carbonyl (C=O) groups excluding carboxylic acids is 1. The topological polar surface area (TPSA) is 88.0 Å². The van der Waals surface area contributed by atoms with Gasteiger partial charge < -0.3 is 15.3 Å². The van der Waals surface area contributed by atoms with E-state index in [2.05, 4.69) is 16.7 Å². The number of oxime groups is 1. The van der Waals surface area contributed by atoms with Crippen molar-refractivity contribution in [2.45, 2.75) is 49.5 Å². The van der Waals surface area contributed by atoms with Crippen molar-refractivity contribution < 1.29 is 19.5 Å². The van der Waals surface area contributed by atoms with Gasteiger partial charge in [0.05, 0.1) is 0 Å². The van der Waals surface area contributed by atoms with Gasteiger partial charge in [0.25, 0.3) is 5.91 Å². The van der Waals surface area contributed by atoms with Crippen molar-refractivity contribution >= 4 is 29.4 Å². The number of nitrogens with one attached hydrogen (secondary N) is 1. The number of thioether (sulfide) groups is 1. The second kappa shape index (κ2) is 6.27. The molecule has 1 fully saturated rings. The van der Waals surface area contributed by atoms with E-state index in [0.717, 1.165) is 19.3 Å². The molecular weight excluding hydrogens is 268 g/mol. The summed E-state index contributed by atoms with van der Waals surface area (Å²) in [6, 6.07) is 0.163. The summed E-state index contributed by atoms with van der Waals surface area (Å²) in [5.74, 6) is -1.39. The molecule has 1 aliphatic heterocycles. The zero-order valence-corrected chi connectivity index (χ0v) is 11.6. The van der Waals surface area contributed by atoms with E-state index in [-0.39, 0.29) is 24.1 Å². The van der Waals surface area contributed by atoms with Crippen LogP contribution in [0.5, 0.6) is 0 Å². The van der Waals surface area contributed by atoms with Crippen LogP contribution in [-0.4, -0.2) is 46.3 Å². The van der Waals surface area contributed by atoms with Crippen LogP contribution < -0.4 is 5.32 Å². The second-order valence-corrected chi connectivity index (χ2v) is 6.01. The van der Waals surface area contributed by atoms with Crippen LogP contribution in [0.25, 0.3) is 0 Å². The van der Waals surface area contributed by atoms with Gasteiger partial charge in [0.2, 0.25) is 6.10 Å². The summed E-state index contributed by atoms with van der Waals surface area (Å²) in [7, 11) is 0. The maximum atomic E-state index is 12.0. The smallest absolute Gasteiger partial charge is 0.353 e. The Morgan fingerprint density at radius 2 is 2.26 bits per heavy atom. The first-order valence-corrected chi connectivity index (χ1v) is 7.68. The third kappa shape index (κ3) is 3.62. The maximum absolute atomic E-state index is 12.0. The lowest BCUT2D eigenvalue weighted by molar-refractivity contribution is -0.132. The SMILES string of the molecule is CSC1CCCC(NC(=O)C2CC(C(=O)O)=NO2)C1. The fourth-order valence-corrected chi connectivity index (χ4v) is 3.26. The first-order valence-electron chi connectivity index (χ1n) is 6.39. The highest BCUT2D eigenvalue weighted by Crippen LogP contribution is 2.27. The predicted molar refractivity (Wildman–Crippen MR) is 72.3 cm³/mol. The summed E-state index contributed by atoms with van der Waals surface area (Å²) >= 11 is 1.83. The lowest BCUT2D eigenvalue weighted by Crippen LogP contribution is -2.44. The highest BCUT2D eigenvalue weighted by molar-refractivity contribution is 7.99. The van der Waals surface area contributed by atoms with Crippen LogP contribution in [-0.2, 0) is 14.4 Å². The lowest BCUT2D eigenvalue weighted by atomic mass is 9.94. The molecule has 0 saturated heterocycles. The van der Waals surface area contributed by atoms with Crippen LogP contribution in [0, 0.1) is 0 Å². The molecule has 1 amide bonds. The van der Waals surface area contributed by atoms with E-state index in [1.165, 1.54) is 6.42 Å². The fraction of sp³-hybridized carbons (Fsp3) is 0.750. The van der Waals surface area contributed by atoms with E-state index >= 15 is 0 Å². The Labute approximate surface area is 115 Å². The highest BCUT2D eigenvalue weighted by atomic mass is 32.2. The van der Waals surface area contributed by atoms with Gasteiger partial charge in [0, 0.05) is 17.7 Å². The number of carboxylic acid groups (broad SMARTS) is 1. The van der Waals surface area contributed by atoms with Crippen molar-refractivity contribution in [3.63, 3.8) is 0 Å². The molecule has 1 saturated carbocycles. The van der Waals surface area contributed by atoms with Gasteiger partial charge in [0.15, 0.2) is 5.71 Å². The minimum Gasteiger partial charge on any atom is -0.477 e. The molecule has 6 nitrogen and oxygen atoms in total. The lowest BCUT2D eigenvalue weighted by Gasteiger charge is -2.29. The Kier molecular flexibility index (Phi) is 4.68. The third-order valence-electron chi connectivity index (χ3n) is 3.51. The van der Waals surface area contributed by atoms with Crippen LogP contribution in [0.3, 0.4) is 0 Å². The van der Waals surface area contributed by atoms with Crippen molar-refractivity contribution in [3.05, 3.63) is 0 Å². The summed E-state index contributed by atoms with van der Waals surface area (Å²) in [5.41, 5.74) is -0.0919. The van der Waals surface area contributed by atoms with E-state index in [9.17, 15) is 9.59 Å². The zero-order valence-electron chi connectivity index (χ0n) is 10.8. The molecule has 7 heteroatoms. The second-order valence-electron chi connectivity index (χ2n) is 4.87. The molecule has 19 heavy (non-hydrogen) atoms. The number of nitrogens with zero attached hydrogens (tertiary/aromatic N) is 1. The molecule has 2 rings (SSSR count). The van der Waals surface area contributed by atoms with Gasteiger partial charge in [-0.15, -0.1) is 0 Å². The summed E-state index contributed by atoms with van der Waals surface area (Å²) < 4.78 is 0. The Bertz CT molecular complexity index is 399. The largest absolute Gasteiger partial charge is 0.477 e. The van der Waals surface area contributed by atoms with Crippen molar-refractivity contribution in [1.82, 2.24) is 5.32 Å². The molecule has 2 aliphatic rings. The standard InChI is InChI=1S/C12H18N2O4S/c1-19-8-4-2-3-7(5-8)13-11(15)10-6-9(12(16)17)14-18-10/h7-8,10H,2-6H2,1H3,(H,13,15)(H,16,17). The van der Waals surface area contributed by atoms with E-state index in [1.54, 1.807) is 0 Å². The maximum Gasteiger partial charge on any atom is 0.353 e. The molecule has 1 aliphatic carbocycles. The molecule has 0 radical (unpaired) electrons. The number of carbonyl (C=O) groups is 2. The Balaban J connectivity index is 1.80. The average Bonchev–Trinajstić information content (AvgIpc) is 2.89. The number of carboxylic acids is 1. The first-order chi connectivity index (χ1) is 9.10. The molecule has 2 N–H and O–H groups in total. The zero-order chi connectivity index (χ0) is 13.8. The van der Waals surface area contributed by atoms with Crippen LogP contribution in [0.1, 0.15) is 32.1 Å². The Hall–Kier alpha value is -1.24. The molecule has 0 aromatic rings. The molecule has 0 spiro atoms. The Morgan fingerprint density at radius 1 is 1.47 bits per heavy atom. The summed E-state index contributed by atoms with van der Waals surface area (Å²) in [6.07, 6.45) is 5.58. The van der Waals surface area contributed by atoms with Crippen molar-refractivity contribution in [1.29, 1.82) is 0 Å². The molecule has 0 aromatic heterocycles. The van der Waals surface area contributed by atoms with Gasteiger partial charge in [-0.2, -0.15) is 11.8 Å². The predicted octanol–water partition coefficient (Wildman–Crippen LogP) is 1.01. The van der Waals surface area contributed by atoms with Crippen LogP contribution in [0.4, 0.5) is 0 Å². The molecule has 106 valence electrons. The summed E-state index contributed by atoms with van der Waals surface area (Å²) in [6.45, 7) is 0. The van der Waals surface area contributed by atoms with Gasteiger partial charge in [-0.25, -0.2) is 4.79 Å². The Morgan fingerprint density at radius 3 is 2.89 bits per heavy atom.